The predicted octanol–water partition coefficient (Wildman–Crippen LogP) is 2.81. The molecule has 0 aliphatic carbocycles. The molecule has 31 heavy (non-hydrogen) atoms. The molecule has 0 heterocycles. The molecule has 188 valence electrons. The minimum Gasteiger partial charge on any atom is -0.396 e. The summed E-state index contributed by atoms with van der Waals surface area (Å²) in [5.41, 5.74) is 0. The summed E-state index contributed by atoms with van der Waals surface area (Å²) in [6.45, 7) is -2.80. The number of hydrogen-bond acceptors (Lipinski definition) is 6. The highest BCUT2D eigenvalue weighted by Crippen LogP contribution is 2.35. The molecule has 0 radical (unpaired) electrons. The molecular weight excluding hydrogens is 452 g/mol. The van der Waals surface area contributed by atoms with Gasteiger partial charge in [-0.1, -0.05) is 0 Å². The van der Waals surface area contributed by atoms with Gasteiger partial charge in [-0.3, -0.25) is 0 Å². The summed E-state index contributed by atoms with van der Waals surface area (Å²) in [7, 11) is 0. The van der Waals surface area contributed by atoms with E-state index in [0.717, 1.165) is 0 Å². The number of ether oxygens (including phenoxy) is 4. The molecule has 0 aliphatic rings. The monoisotopic (exact) mass is 480 g/mol. The molecule has 2 N–H and O–H groups in total. The van der Waals surface area contributed by atoms with Gasteiger partial charge < -0.3 is 29.2 Å². The number of halogens is 8. The van der Waals surface area contributed by atoms with E-state index in [-0.39, 0.29) is 33.0 Å². The lowest BCUT2D eigenvalue weighted by Crippen LogP contribution is -2.41. The van der Waals surface area contributed by atoms with Crippen LogP contribution in [0.15, 0.2) is 0 Å². The molecule has 0 bridgehead atoms. The molecule has 0 aromatic heterocycles. The van der Waals surface area contributed by atoms with Crippen LogP contribution in [0.3, 0.4) is 0 Å². The molecule has 0 aromatic rings. The Balaban J connectivity index is 4.04. The summed E-state index contributed by atoms with van der Waals surface area (Å²) >= 11 is 0. The lowest BCUT2D eigenvalue weighted by molar-refractivity contribution is -0.297. The maximum absolute atomic E-state index is 12.7. The van der Waals surface area contributed by atoms with Gasteiger partial charge in [-0.2, -0.15) is 35.1 Å². The SMILES string of the molecule is CC(COCC(CO)COCCC(F)(F)F)OCC(CO)COCC(F)(F)C(F)(F)F. The van der Waals surface area contributed by atoms with Crippen LogP contribution in [-0.4, -0.2) is 94.1 Å². The second kappa shape index (κ2) is 14.4. The Morgan fingerprint density at radius 1 is 0.710 bits per heavy atom. The highest BCUT2D eigenvalue weighted by atomic mass is 19.4. The van der Waals surface area contributed by atoms with Crippen molar-refractivity contribution in [2.45, 2.75) is 37.7 Å². The Bertz CT molecular complexity index is 461. The average molecular weight is 480 g/mol. The Morgan fingerprint density at radius 3 is 1.74 bits per heavy atom. The van der Waals surface area contributed by atoms with Crippen LogP contribution in [0.4, 0.5) is 35.1 Å². The molecule has 0 aromatic carbocycles. The molecule has 0 saturated heterocycles. The van der Waals surface area contributed by atoms with Crippen molar-refractivity contribution >= 4 is 0 Å². The van der Waals surface area contributed by atoms with E-state index in [2.05, 4.69) is 4.74 Å². The van der Waals surface area contributed by atoms with Crippen LogP contribution in [0, 0.1) is 11.8 Å². The van der Waals surface area contributed by atoms with E-state index in [0.29, 0.717) is 0 Å². The second-order valence-corrected chi connectivity index (χ2v) is 6.94. The Morgan fingerprint density at radius 2 is 1.23 bits per heavy atom. The second-order valence-electron chi connectivity index (χ2n) is 6.94. The zero-order valence-corrected chi connectivity index (χ0v) is 16.9. The van der Waals surface area contributed by atoms with Gasteiger partial charge in [0.15, 0.2) is 0 Å². The maximum Gasteiger partial charge on any atom is 0.455 e. The zero-order valence-electron chi connectivity index (χ0n) is 16.9. The van der Waals surface area contributed by atoms with Gasteiger partial charge >= 0.3 is 18.3 Å². The van der Waals surface area contributed by atoms with Crippen LogP contribution in [0.5, 0.6) is 0 Å². The molecule has 0 fully saturated rings. The van der Waals surface area contributed by atoms with Crippen molar-refractivity contribution in [3.8, 4) is 0 Å². The van der Waals surface area contributed by atoms with Gasteiger partial charge in [0.1, 0.15) is 6.61 Å². The number of alkyl halides is 8. The van der Waals surface area contributed by atoms with Crippen molar-refractivity contribution < 1.29 is 64.3 Å². The first-order chi connectivity index (χ1) is 14.2. The number of aliphatic hydroxyl groups excluding tert-OH is 2. The van der Waals surface area contributed by atoms with E-state index < -0.39 is 69.1 Å². The first-order valence-corrected chi connectivity index (χ1v) is 9.29. The first-order valence-electron chi connectivity index (χ1n) is 9.29. The standard InChI is InChI=1S/C17H28F8O6/c1-12(6-29-8-13(4-26)7-28-3-2-16(20,21)22)31-10-14(5-27)9-30-11-15(18,19)17(23,24)25/h12-14,26-27H,2-11H2,1H3. The normalized spacial score (nSPS) is 16.4. The molecular formula is C17H28F8O6. The Labute approximate surface area is 174 Å². The minimum absolute atomic E-state index is 0.00972. The fourth-order valence-electron chi connectivity index (χ4n) is 1.93. The smallest absolute Gasteiger partial charge is 0.396 e. The van der Waals surface area contributed by atoms with Crippen molar-refractivity contribution in [3.05, 3.63) is 0 Å². The molecule has 0 spiro atoms. The van der Waals surface area contributed by atoms with Crippen LogP contribution in [0.1, 0.15) is 13.3 Å². The zero-order chi connectivity index (χ0) is 24.1. The molecule has 6 nitrogen and oxygen atoms in total. The number of rotatable bonds is 17. The molecule has 0 aliphatic heterocycles. The van der Waals surface area contributed by atoms with Crippen LogP contribution >= 0.6 is 0 Å². The first kappa shape index (κ1) is 30.2. The van der Waals surface area contributed by atoms with Gasteiger partial charge in [-0.15, -0.1) is 0 Å². The fourth-order valence-corrected chi connectivity index (χ4v) is 1.93. The predicted molar refractivity (Wildman–Crippen MR) is 90.7 cm³/mol. The lowest BCUT2D eigenvalue weighted by atomic mass is 10.2. The van der Waals surface area contributed by atoms with E-state index in [1.54, 1.807) is 6.92 Å². The van der Waals surface area contributed by atoms with Crippen LogP contribution in [0.25, 0.3) is 0 Å². The van der Waals surface area contributed by atoms with Gasteiger partial charge in [0, 0.05) is 11.8 Å². The van der Waals surface area contributed by atoms with Crippen LogP contribution in [0.2, 0.25) is 0 Å². The highest BCUT2D eigenvalue weighted by molar-refractivity contribution is 4.75. The molecule has 14 heteroatoms. The van der Waals surface area contributed by atoms with Crippen molar-refractivity contribution in [1.82, 2.24) is 0 Å². The summed E-state index contributed by atoms with van der Waals surface area (Å²) in [5, 5.41) is 18.3. The molecule has 3 unspecified atom stereocenters. The lowest BCUT2D eigenvalue weighted by Gasteiger charge is -2.22. The van der Waals surface area contributed by atoms with Crippen molar-refractivity contribution in [1.29, 1.82) is 0 Å². The largest absolute Gasteiger partial charge is 0.455 e. The van der Waals surface area contributed by atoms with Gasteiger partial charge in [0.25, 0.3) is 0 Å². The van der Waals surface area contributed by atoms with Gasteiger partial charge in [-0.25, -0.2) is 0 Å². The van der Waals surface area contributed by atoms with E-state index in [1.165, 1.54) is 0 Å². The Hall–Kier alpha value is -0.800. The van der Waals surface area contributed by atoms with E-state index in [4.69, 9.17) is 24.4 Å². The van der Waals surface area contributed by atoms with Gasteiger partial charge in [0.2, 0.25) is 0 Å². The third kappa shape index (κ3) is 14.8. The van der Waals surface area contributed by atoms with Gasteiger partial charge in [-0.05, 0) is 6.92 Å². The van der Waals surface area contributed by atoms with Crippen molar-refractivity contribution in [3.63, 3.8) is 0 Å². The number of hydrogen-bond donors (Lipinski definition) is 2. The summed E-state index contributed by atoms with van der Waals surface area (Å²) in [5.74, 6) is -6.41. The van der Waals surface area contributed by atoms with Crippen molar-refractivity contribution in [2.24, 2.45) is 11.8 Å². The van der Waals surface area contributed by atoms with E-state index in [1.807, 2.05) is 0 Å². The maximum atomic E-state index is 12.7. The van der Waals surface area contributed by atoms with E-state index >= 15 is 0 Å². The average Bonchev–Trinajstić information content (AvgIpc) is 2.64. The molecule has 3 atom stereocenters. The quantitative estimate of drug-likeness (QED) is 0.246. The van der Waals surface area contributed by atoms with E-state index in [9.17, 15) is 35.1 Å². The number of aliphatic hydroxyl groups is 2. The van der Waals surface area contributed by atoms with Gasteiger partial charge in [0.05, 0.1) is 65.4 Å². The highest BCUT2D eigenvalue weighted by Gasteiger charge is 2.57. The van der Waals surface area contributed by atoms with Crippen LogP contribution < -0.4 is 0 Å². The summed E-state index contributed by atoms with van der Waals surface area (Å²) in [6.07, 6.45) is -11.8. The van der Waals surface area contributed by atoms with Crippen LogP contribution in [-0.2, 0) is 18.9 Å². The minimum atomic E-state index is -5.74. The molecule has 0 amide bonds. The summed E-state index contributed by atoms with van der Waals surface area (Å²) in [4.78, 5) is 0. The fraction of sp³-hybridized carbons (Fsp3) is 1.00. The molecule has 0 saturated carbocycles. The van der Waals surface area contributed by atoms with Crippen molar-refractivity contribution in [2.75, 3.05) is 59.5 Å². The topological polar surface area (TPSA) is 77.4 Å². The summed E-state index contributed by atoms with van der Waals surface area (Å²) in [6, 6.07) is 0. The third-order valence-corrected chi connectivity index (χ3v) is 3.77. The summed E-state index contributed by atoms with van der Waals surface area (Å²) < 4.78 is 117. The third-order valence-electron chi connectivity index (χ3n) is 3.77. The Kier molecular flexibility index (Phi) is 14.0. The molecule has 0 rings (SSSR count).